The van der Waals surface area contributed by atoms with E-state index >= 15 is 0 Å². The number of nitrogens with zero attached hydrogens (tertiary/aromatic N) is 2. The second-order valence-electron chi connectivity index (χ2n) is 4.44. The normalized spacial score (nSPS) is 12.7. The Hall–Kier alpha value is -2.14. The van der Waals surface area contributed by atoms with Crippen LogP contribution in [0.15, 0.2) is 30.6 Å². The van der Waals surface area contributed by atoms with Gasteiger partial charge in [0.2, 0.25) is 6.79 Å². The molecule has 0 radical (unpaired) electrons. The van der Waals surface area contributed by atoms with Crippen LogP contribution in [-0.4, -0.2) is 16.8 Å². The van der Waals surface area contributed by atoms with Crippen LogP contribution in [0.25, 0.3) is 0 Å². The fraction of sp³-hybridized carbons (Fsp3) is 0.286. The van der Waals surface area contributed by atoms with Gasteiger partial charge in [-0.3, -0.25) is 9.97 Å². The lowest BCUT2D eigenvalue weighted by Crippen LogP contribution is -2.13. The molecule has 1 aromatic carbocycles. The molecule has 0 atom stereocenters. The number of hydrogen-bond donors (Lipinski definition) is 1. The van der Waals surface area contributed by atoms with E-state index in [-0.39, 0.29) is 0 Å². The van der Waals surface area contributed by atoms with Crippen molar-refractivity contribution in [1.29, 1.82) is 0 Å². The SMILES string of the molecule is Cc1cnc(CNCc2ccc3c(c2)OCO3)cn1. The maximum atomic E-state index is 5.34. The Morgan fingerprint density at radius 3 is 2.84 bits per heavy atom. The molecule has 2 aromatic rings. The molecule has 1 aliphatic rings. The molecule has 0 spiro atoms. The van der Waals surface area contributed by atoms with Crippen molar-refractivity contribution in [3.05, 3.63) is 47.5 Å². The molecule has 2 heterocycles. The van der Waals surface area contributed by atoms with Crippen LogP contribution < -0.4 is 14.8 Å². The van der Waals surface area contributed by atoms with Crippen LogP contribution in [0.2, 0.25) is 0 Å². The zero-order valence-corrected chi connectivity index (χ0v) is 10.7. The van der Waals surface area contributed by atoms with E-state index in [1.165, 1.54) is 0 Å². The summed E-state index contributed by atoms with van der Waals surface area (Å²) in [4.78, 5) is 8.51. The molecule has 1 N–H and O–H groups in total. The smallest absolute Gasteiger partial charge is 0.231 e. The van der Waals surface area contributed by atoms with E-state index in [0.29, 0.717) is 13.3 Å². The quantitative estimate of drug-likeness (QED) is 0.905. The van der Waals surface area contributed by atoms with Gasteiger partial charge in [0.05, 0.1) is 11.4 Å². The van der Waals surface area contributed by atoms with Crippen molar-refractivity contribution in [3.8, 4) is 11.5 Å². The summed E-state index contributed by atoms with van der Waals surface area (Å²) in [5, 5.41) is 3.33. The fourth-order valence-corrected chi connectivity index (χ4v) is 1.90. The number of benzene rings is 1. The predicted molar refractivity (Wildman–Crippen MR) is 69.9 cm³/mol. The highest BCUT2D eigenvalue weighted by Crippen LogP contribution is 2.32. The van der Waals surface area contributed by atoms with E-state index in [1.54, 1.807) is 12.4 Å². The van der Waals surface area contributed by atoms with Gasteiger partial charge in [0.15, 0.2) is 11.5 Å². The lowest BCUT2D eigenvalue weighted by Gasteiger charge is -2.05. The summed E-state index contributed by atoms with van der Waals surface area (Å²) in [6.45, 7) is 3.69. The lowest BCUT2D eigenvalue weighted by molar-refractivity contribution is 0.174. The first-order valence-electron chi connectivity index (χ1n) is 6.18. The van der Waals surface area contributed by atoms with Crippen molar-refractivity contribution in [2.75, 3.05) is 6.79 Å². The van der Waals surface area contributed by atoms with E-state index in [0.717, 1.165) is 35.0 Å². The molecular formula is C14H15N3O2. The minimum atomic E-state index is 0.311. The molecule has 0 unspecified atom stereocenters. The van der Waals surface area contributed by atoms with Gasteiger partial charge in [-0.2, -0.15) is 0 Å². The third kappa shape index (κ3) is 2.82. The standard InChI is InChI=1S/C14H15N3O2/c1-10-5-17-12(8-16-10)7-15-6-11-2-3-13-14(4-11)19-9-18-13/h2-5,8,15H,6-7,9H2,1H3. The minimum absolute atomic E-state index is 0.311. The summed E-state index contributed by atoms with van der Waals surface area (Å²) in [7, 11) is 0. The van der Waals surface area contributed by atoms with Crippen molar-refractivity contribution >= 4 is 0 Å². The average Bonchev–Trinajstić information content (AvgIpc) is 2.88. The second-order valence-corrected chi connectivity index (χ2v) is 4.44. The Morgan fingerprint density at radius 2 is 2.00 bits per heavy atom. The fourth-order valence-electron chi connectivity index (χ4n) is 1.90. The van der Waals surface area contributed by atoms with Gasteiger partial charge < -0.3 is 14.8 Å². The molecule has 5 nitrogen and oxygen atoms in total. The highest BCUT2D eigenvalue weighted by Gasteiger charge is 2.12. The van der Waals surface area contributed by atoms with Gasteiger partial charge in [-0.15, -0.1) is 0 Å². The summed E-state index contributed by atoms with van der Waals surface area (Å²) in [5.74, 6) is 1.63. The summed E-state index contributed by atoms with van der Waals surface area (Å²) < 4.78 is 10.6. The van der Waals surface area contributed by atoms with Gasteiger partial charge in [0.1, 0.15) is 0 Å². The van der Waals surface area contributed by atoms with Gasteiger partial charge in [-0.25, -0.2) is 0 Å². The molecule has 0 fully saturated rings. The highest BCUT2D eigenvalue weighted by atomic mass is 16.7. The molecule has 0 saturated carbocycles. The van der Waals surface area contributed by atoms with E-state index in [1.807, 2.05) is 25.1 Å². The molecule has 3 rings (SSSR count). The van der Waals surface area contributed by atoms with E-state index in [9.17, 15) is 0 Å². The number of hydrogen-bond acceptors (Lipinski definition) is 5. The average molecular weight is 257 g/mol. The van der Waals surface area contributed by atoms with Crippen LogP contribution in [0.1, 0.15) is 17.0 Å². The Kier molecular flexibility index (Phi) is 3.29. The van der Waals surface area contributed by atoms with Crippen molar-refractivity contribution in [2.45, 2.75) is 20.0 Å². The van der Waals surface area contributed by atoms with Crippen LogP contribution in [0.5, 0.6) is 11.5 Å². The number of nitrogens with one attached hydrogen (secondary N) is 1. The molecule has 98 valence electrons. The Balaban J connectivity index is 1.56. The van der Waals surface area contributed by atoms with Gasteiger partial charge in [-0.05, 0) is 24.6 Å². The van der Waals surface area contributed by atoms with Crippen molar-refractivity contribution in [2.24, 2.45) is 0 Å². The molecule has 0 saturated heterocycles. The highest BCUT2D eigenvalue weighted by molar-refractivity contribution is 5.44. The monoisotopic (exact) mass is 257 g/mol. The molecule has 1 aromatic heterocycles. The third-order valence-electron chi connectivity index (χ3n) is 2.91. The zero-order chi connectivity index (χ0) is 13.1. The lowest BCUT2D eigenvalue weighted by atomic mass is 10.2. The van der Waals surface area contributed by atoms with Gasteiger partial charge in [-0.1, -0.05) is 6.07 Å². The Morgan fingerprint density at radius 1 is 1.11 bits per heavy atom. The molecule has 19 heavy (non-hydrogen) atoms. The number of aryl methyl sites for hydroxylation is 1. The largest absolute Gasteiger partial charge is 0.454 e. The molecular weight excluding hydrogens is 242 g/mol. The molecule has 5 heteroatoms. The van der Waals surface area contributed by atoms with Crippen molar-refractivity contribution < 1.29 is 9.47 Å². The van der Waals surface area contributed by atoms with E-state index in [4.69, 9.17) is 9.47 Å². The van der Waals surface area contributed by atoms with Crippen LogP contribution in [0, 0.1) is 6.92 Å². The van der Waals surface area contributed by atoms with Crippen LogP contribution >= 0.6 is 0 Å². The molecule has 1 aliphatic heterocycles. The third-order valence-corrected chi connectivity index (χ3v) is 2.91. The number of aromatic nitrogens is 2. The molecule has 0 bridgehead atoms. The summed E-state index contributed by atoms with van der Waals surface area (Å²) in [6, 6.07) is 5.96. The minimum Gasteiger partial charge on any atom is -0.454 e. The first kappa shape index (κ1) is 11.9. The van der Waals surface area contributed by atoms with Crippen LogP contribution in [0.4, 0.5) is 0 Å². The predicted octanol–water partition coefficient (Wildman–Crippen LogP) is 1.80. The first-order chi connectivity index (χ1) is 9.31. The topological polar surface area (TPSA) is 56.3 Å². The summed E-state index contributed by atoms with van der Waals surface area (Å²) in [5.41, 5.74) is 3.02. The molecule has 0 aliphatic carbocycles. The molecule has 0 amide bonds. The van der Waals surface area contributed by atoms with Crippen molar-refractivity contribution in [1.82, 2.24) is 15.3 Å². The Labute approximate surface area is 111 Å². The maximum absolute atomic E-state index is 5.34. The maximum Gasteiger partial charge on any atom is 0.231 e. The van der Waals surface area contributed by atoms with Crippen molar-refractivity contribution in [3.63, 3.8) is 0 Å². The van der Waals surface area contributed by atoms with E-state index in [2.05, 4.69) is 15.3 Å². The zero-order valence-electron chi connectivity index (χ0n) is 10.7. The van der Waals surface area contributed by atoms with Gasteiger partial charge in [0.25, 0.3) is 0 Å². The number of rotatable bonds is 4. The first-order valence-corrected chi connectivity index (χ1v) is 6.18. The van der Waals surface area contributed by atoms with Gasteiger partial charge >= 0.3 is 0 Å². The second kappa shape index (κ2) is 5.24. The summed E-state index contributed by atoms with van der Waals surface area (Å²) >= 11 is 0. The number of fused-ring (bicyclic) bond motifs is 1. The summed E-state index contributed by atoms with van der Waals surface area (Å²) in [6.07, 6.45) is 3.57. The van der Waals surface area contributed by atoms with Crippen LogP contribution in [-0.2, 0) is 13.1 Å². The van der Waals surface area contributed by atoms with Gasteiger partial charge in [0, 0.05) is 25.5 Å². The van der Waals surface area contributed by atoms with Crippen LogP contribution in [0.3, 0.4) is 0 Å². The van der Waals surface area contributed by atoms with E-state index < -0.39 is 0 Å². The number of ether oxygens (including phenoxy) is 2. The Bertz CT molecular complexity index is 569.